The second-order valence-electron chi connectivity index (χ2n) is 5.22. The molecule has 1 amide bonds. The quantitative estimate of drug-likeness (QED) is 0.611. The van der Waals surface area contributed by atoms with Crippen LogP contribution in [-0.2, 0) is 9.53 Å². The molecule has 0 saturated heterocycles. The molecule has 0 bridgehead atoms. The third-order valence-electron chi connectivity index (χ3n) is 3.38. The average Bonchev–Trinajstić information content (AvgIpc) is 2.95. The summed E-state index contributed by atoms with van der Waals surface area (Å²) < 4.78 is 10.2. The number of ether oxygens (including phenoxy) is 1. The number of benzene rings is 1. The van der Waals surface area contributed by atoms with Crippen molar-refractivity contribution in [1.82, 2.24) is 10.5 Å². The third-order valence-corrected chi connectivity index (χ3v) is 3.71. The number of amides is 1. The van der Waals surface area contributed by atoms with Crippen LogP contribution in [0.1, 0.15) is 35.9 Å². The number of carbonyl (C=O) groups is 2. The van der Waals surface area contributed by atoms with Crippen LogP contribution in [0.25, 0.3) is 11.3 Å². The molecule has 1 aromatic heterocycles. The zero-order valence-corrected chi connectivity index (χ0v) is 14.4. The van der Waals surface area contributed by atoms with E-state index >= 15 is 0 Å². The molecule has 0 atom stereocenters. The van der Waals surface area contributed by atoms with E-state index in [1.54, 1.807) is 31.2 Å². The first kappa shape index (κ1) is 18.0. The van der Waals surface area contributed by atoms with Crippen LogP contribution in [0.4, 0.5) is 0 Å². The van der Waals surface area contributed by atoms with E-state index in [0.717, 1.165) is 12.8 Å². The van der Waals surface area contributed by atoms with Crippen molar-refractivity contribution in [3.05, 3.63) is 40.6 Å². The molecular formula is C17H19ClN2O4. The Labute approximate surface area is 145 Å². The smallest absolute Gasteiger partial charge is 0.344 e. The fourth-order valence-corrected chi connectivity index (χ4v) is 2.33. The number of nitrogens with one attached hydrogen (secondary N) is 1. The molecule has 0 fully saturated rings. The minimum absolute atomic E-state index is 0.171. The molecular weight excluding hydrogens is 332 g/mol. The number of hydrogen-bond donors (Lipinski definition) is 1. The van der Waals surface area contributed by atoms with Gasteiger partial charge in [0.25, 0.3) is 5.91 Å². The molecule has 0 radical (unpaired) electrons. The molecule has 2 aromatic rings. The van der Waals surface area contributed by atoms with Crippen molar-refractivity contribution in [3.8, 4) is 11.3 Å². The Bertz CT molecular complexity index is 727. The summed E-state index contributed by atoms with van der Waals surface area (Å²) in [6, 6.07) is 6.98. The van der Waals surface area contributed by atoms with Crippen LogP contribution in [-0.4, -0.2) is 30.2 Å². The van der Waals surface area contributed by atoms with E-state index in [0.29, 0.717) is 28.6 Å². The highest BCUT2D eigenvalue weighted by Gasteiger charge is 2.24. The van der Waals surface area contributed by atoms with Crippen molar-refractivity contribution in [2.45, 2.75) is 26.7 Å². The number of hydrogen-bond acceptors (Lipinski definition) is 5. The van der Waals surface area contributed by atoms with E-state index in [-0.39, 0.29) is 18.1 Å². The fraction of sp³-hybridized carbons (Fsp3) is 0.353. The van der Waals surface area contributed by atoms with Crippen molar-refractivity contribution < 1.29 is 18.8 Å². The highest BCUT2D eigenvalue weighted by Crippen LogP contribution is 2.31. The standard InChI is InChI=1S/C17H19ClN2O4/c1-3-4-9-19-14(21)10-23-17(22)15-11(2)24-20-16(15)12-7-5-6-8-13(12)18/h5-8H,3-4,9-10H2,1-2H3,(H,19,21). The van der Waals surface area contributed by atoms with Gasteiger partial charge in [0.1, 0.15) is 17.0 Å². The van der Waals surface area contributed by atoms with E-state index in [2.05, 4.69) is 10.5 Å². The minimum Gasteiger partial charge on any atom is -0.452 e. The van der Waals surface area contributed by atoms with E-state index in [9.17, 15) is 9.59 Å². The van der Waals surface area contributed by atoms with Crippen LogP contribution in [0.3, 0.4) is 0 Å². The Morgan fingerprint density at radius 3 is 2.79 bits per heavy atom. The molecule has 1 aromatic carbocycles. The summed E-state index contributed by atoms with van der Waals surface area (Å²) in [5.41, 5.74) is 1.04. The number of halogens is 1. The van der Waals surface area contributed by atoms with Gasteiger partial charge < -0.3 is 14.6 Å². The van der Waals surface area contributed by atoms with Crippen molar-refractivity contribution in [2.24, 2.45) is 0 Å². The zero-order valence-electron chi connectivity index (χ0n) is 13.6. The summed E-state index contributed by atoms with van der Waals surface area (Å²) in [5, 5.41) is 7.01. The van der Waals surface area contributed by atoms with Gasteiger partial charge in [-0.3, -0.25) is 4.79 Å². The van der Waals surface area contributed by atoms with E-state index < -0.39 is 5.97 Å². The number of aromatic nitrogens is 1. The molecule has 128 valence electrons. The first-order chi connectivity index (χ1) is 11.5. The fourth-order valence-electron chi connectivity index (χ4n) is 2.11. The summed E-state index contributed by atoms with van der Waals surface area (Å²) in [7, 11) is 0. The van der Waals surface area contributed by atoms with Crippen LogP contribution >= 0.6 is 11.6 Å². The molecule has 0 aliphatic rings. The number of carbonyl (C=O) groups excluding carboxylic acids is 2. The van der Waals surface area contributed by atoms with Gasteiger partial charge >= 0.3 is 5.97 Å². The van der Waals surface area contributed by atoms with Gasteiger partial charge in [-0.05, 0) is 19.4 Å². The molecule has 6 nitrogen and oxygen atoms in total. The number of rotatable bonds is 7. The normalized spacial score (nSPS) is 10.5. The molecule has 1 heterocycles. The van der Waals surface area contributed by atoms with Crippen molar-refractivity contribution >= 4 is 23.5 Å². The number of nitrogens with zero attached hydrogens (tertiary/aromatic N) is 1. The lowest BCUT2D eigenvalue weighted by atomic mass is 10.1. The van der Waals surface area contributed by atoms with Gasteiger partial charge in [-0.25, -0.2) is 4.79 Å². The van der Waals surface area contributed by atoms with Crippen molar-refractivity contribution in [3.63, 3.8) is 0 Å². The van der Waals surface area contributed by atoms with Crippen LogP contribution in [0.15, 0.2) is 28.8 Å². The molecule has 24 heavy (non-hydrogen) atoms. The van der Waals surface area contributed by atoms with Crippen LogP contribution in [0.5, 0.6) is 0 Å². The van der Waals surface area contributed by atoms with E-state index in [4.69, 9.17) is 20.9 Å². The maximum absolute atomic E-state index is 12.3. The Morgan fingerprint density at radius 2 is 2.08 bits per heavy atom. The zero-order chi connectivity index (χ0) is 17.5. The SMILES string of the molecule is CCCCNC(=O)COC(=O)c1c(-c2ccccc2Cl)noc1C. The highest BCUT2D eigenvalue weighted by molar-refractivity contribution is 6.33. The van der Waals surface area contributed by atoms with Crippen LogP contribution in [0, 0.1) is 6.92 Å². The molecule has 1 N–H and O–H groups in total. The van der Waals surface area contributed by atoms with Gasteiger partial charge in [-0.15, -0.1) is 0 Å². The Balaban J connectivity index is 2.09. The third kappa shape index (κ3) is 4.35. The minimum atomic E-state index is -0.672. The Morgan fingerprint density at radius 1 is 1.33 bits per heavy atom. The second-order valence-corrected chi connectivity index (χ2v) is 5.63. The summed E-state index contributed by atoms with van der Waals surface area (Å²) in [6.45, 7) is 3.83. The molecule has 0 unspecified atom stereocenters. The van der Waals surface area contributed by atoms with Crippen LogP contribution in [0.2, 0.25) is 5.02 Å². The first-order valence-electron chi connectivity index (χ1n) is 7.69. The number of unbranched alkanes of at least 4 members (excludes halogenated alkanes) is 1. The molecule has 0 spiro atoms. The van der Waals surface area contributed by atoms with Gasteiger partial charge in [0.05, 0.1) is 5.02 Å². The molecule has 2 rings (SSSR count). The topological polar surface area (TPSA) is 81.4 Å². The van der Waals surface area contributed by atoms with Gasteiger partial charge in [-0.1, -0.05) is 48.3 Å². The average molecular weight is 351 g/mol. The molecule has 0 aliphatic heterocycles. The second kappa shape index (κ2) is 8.49. The van der Waals surface area contributed by atoms with Gasteiger partial charge in [0.15, 0.2) is 6.61 Å². The predicted molar refractivity (Wildman–Crippen MR) is 89.9 cm³/mol. The Kier molecular flexibility index (Phi) is 6.37. The number of esters is 1. The maximum atomic E-state index is 12.3. The summed E-state index contributed by atoms with van der Waals surface area (Å²) >= 11 is 6.15. The molecule has 0 saturated carbocycles. The van der Waals surface area contributed by atoms with Crippen LogP contribution < -0.4 is 5.32 Å². The Hall–Kier alpha value is -2.34. The van der Waals surface area contributed by atoms with Crippen molar-refractivity contribution in [2.75, 3.05) is 13.2 Å². The molecule has 0 aliphatic carbocycles. The van der Waals surface area contributed by atoms with Gasteiger partial charge in [0, 0.05) is 12.1 Å². The summed E-state index contributed by atoms with van der Waals surface area (Å²) in [4.78, 5) is 24.0. The summed E-state index contributed by atoms with van der Waals surface area (Å²) in [6.07, 6.45) is 1.85. The first-order valence-corrected chi connectivity index (χ1v) is 8.07. The predicted octanol–water partition coefficient (Wildman–Crippen LogP) is 3.38. The molecule has 7 heteroatoms. The maximum Gasteiger partial charge on any atom is 0.344 e. The lowest BCUT2D eigenvalue weighted by molar-refractivity contribution is -0.124. The van der Waals surface area contributed by atoms with E-state index in [1.165, 1.54) is 0 Å². The van der Waals surface area contributed by atoms with E-state index in [1.807, 2.05) is 6.92 Å². The lowest BCUT2D eigenvalue weighted by Gasteiger charge is -2.07. The lowest BCUT2D eigenvalue weighted by Crippen LogP contribution is -2.29. The highest BCUT2D eigenvalue weighted by atomic mass is 35.5. The van der Waals surface area contributed by atoms with Gasteiger partial charge in [-0.2, -0.15) is 0 Å². The monoisotopic (exact) mass is 350 g/mol. The number of aryl methyl sites for hydroxylation is 1. The van der Waals surface area contributed by atoms with Crippen molar-refractivity contribution in [1.29, 1.82) is 0 Å². The summed E-state index contributed by atoms with van der Waals surface area (Å²) in [5.74, 6) is -0.708. The largest absolute Gasteiger partial charge is 0.452 e. The van der Waals surface area contributed by atoms with Gasteiger partial charge in [0.2, 0.25) is 0 Å².